The Balaban J connectivity index is 1.94. The van der Waals surface area contributed by atoms with Crippen LogP contribution in [0.25, 0.3) is 0 Å². The van der Waals surface area contributed by atoms with Gasteiger partial charge >= 0.3 is 12.0 Å². The molecular formula is C14H13ClN2O4. The van der Waals surface area contributed by atoms with Gasteiger partial charge in [-0.25, -0.2) is 9.59 Å². The van der Waals surface area contributed by atoms with Crippen molar-refractivity contribution in [1.82, 2.24) is 5.32 Å². The maximum atomic E-state index is 11.7. The van der Waals surface area contributed by atoms with Crippen LogP contribution in [0.3, 0.4) is 0 Å². The highest BCUT2D eigenvalue weighted by Gasteiger charge is 2.14. The molecule has 1 aromatic carbocycles. The molecule has 21 heavy (non-hydrogen) atoms. The van der Waals surface area contributed by atoms with Gasteiger partial charge in [0.1, 0.15) is 17.1 Å². The van der Waals surface area contributed by atoms with Crippen molar-refractivity contribution in [2.45, 2.75) is 13.5 Å². The van der Waals surface area contributed by atoms with Crippen LogP contribution in [0.2, 0.25) is 5.02 Å². The fourth-order valence-electron chi connectivity index (χ4n) is 1.74. The summed E-state index contributed by atoms with van der Waals surface area (Å²) in [6, 6.07) is 7.75. The Morgan fingerprint density at radius 1 is 1.33 bits per heavy atom. The van der Waals surface area contributed by atoms with Gasteiger partial charge in [0.2, 0.25) is 0 Å². The minimum absolute atomic E-state index is 0.0738. The lowest BCUT2D eigenvalue weighted by atomic mass is 10.2. The third kappa shape index (κ3) is 3.76. The zero-order valence-electron chi connectivity index (χ0n) is 11.1. The van der Waals surface area contributed by atoms with E-state index in [0.717, 1.165) is 0 Å². The number of hydrogen-bond acceptors (Lipinski definition) is 3. The van der Waals surface area contributed by atoms with Crippen LogP contribution in [0.1, 0.15) is 21.9 Å². The lowest BCUT2D eigenvalue weighted by molar-refractivity contribution is 0.0695. The Bertz CT molecular complexity index is 681. The smallest absolute Gasteiger partial charge is 0.339 e. The summed E-state index contributed by atoms with van der Waals surface area (Å²) < 4.78 is 5.25. The lowest BCUT2D eigenvalue weighted by Gasteiger charge is -2.07. The number of nitrogens with one attached hydrogen (secondary N) is 2. The number of hydrogen-bond donors (Lipinski definition) is 3. The zero-order valence-corrected chi connectivity index (χ0v) is 11.9. The number of carbonyl (C=O) groups is 2. The Morgan fingerprint density at radius 2 is 2.05 bits per heavy atom. The van der Waals surface area contributed by atoms with E-state index in [0.29, 0.717) is 22.2 Å². The molecular weight excluding hydrogens is 296 g/mol. The highest BCUT2D eigenvalue weighted by Crippen LogP contribution is 2.20. The summed E-state index contributed by atoms with van der Waals surface area (Å²) in [4.78, 5) is 22.6. The summed E-state index contributed by atoms with van der Waals surface area (Å²) in [5.41, 5.74) is 0.567. The summed E-state index contributed by atoms with van der Waals surface area (Å²) in [7, 11) is 0. The minimum Gasteiger partial charge on any atom is -0.478 e. The van der Waals surface area contributed by atoms with Crippen molar-refractivity contribution < 1.29 is 19.1 Å². The van der Waals surface area contributed by atoms with Gasteiger partial charge in [-0.2, -0.15) is 0 Å². The van der Waals surface area contributed by atoms with Crippen molar-refractivity contribution in [3.8, 4) is 0 Å². The van der Waals surface area contributed by atoms with Gasteiger partial charge in [-0.3, -0.25) is 0 Å². The molecule has 3 N–H and O–H groups in total. The maximum absolute atomic E-state index is 11.7. The Hall–Kier alpha value is -2.47. The molecule has 0 radical (unpaired) electrons. The molecule has 0 atom stereocenters. The number of amides is 2. The number of carboxylic acid groups (broad SMARTS) is 1. The summed E-state index contributed by atoms with van der Waals surface area (Å²) in [6.07, 6.45) is 0. The fourth-order valence-corrected chi connectivity index (χ4v) is 1.92. The average Bonchev–Trinajstić information content (AvgIpc) is 2.80. The van der Waals surface area contributed by atoms with Gasteiger partial charge in [-0.05, 0) is 25.1 Å². The van der Waals surface area contributed by atoms with Crippen LogP contribution in [0.4, 0.5) is 10.5 Å². The number of rotatable bonds is 4. The molecule has 6 nitrogen and oxygen atoms in total. The van der Waals surface area contributed by atoms with Crippen LogP contribution in [-0.4, -0.2) is 17.1 Å². The first-order valence-electron chi connectivity index (χ1n) is 6.09. The van der Waals surface area contributed by atoms with Gasteiger partial charge in [0.15, 0.2) is 0 Å². The highest BCUT2D eigenvalue weighted by atomic mass is 35.5. The quantitative estimate of drug-likeness (QED) is 0.808. The van der Waals surface area contributed by atoms with E-state index < -0.39 is 12.0 Å². The topological polar surface area (TPSA) is 91.6 Å². The molecule has 0 spiro atoms. The predicted molar refractivity (Wildman–Crippen MR) is 77.7 cm³/mol. The van der Waals surface area contributed by atoms with Crippen molar-refractivity contribution in [3.63, 3.8) is 0 Å². The summed E-state index contributed by atoms with van der Waals surface area (Å²) in [5.74, 6) is -0.409. The van der Waals surface area contributed by atoms with Gasteiger partial charge < -0.3 is 20.2 Å². The number of anilines is 1. The van der Waals surface area contributed by atoms with E-state index in [2.05, 4.69) is 10.6 Å². The van der Waals surface area contributed by atoms with Gasteiger partial charge in [0, 0.05) is 0 Å². The molecule has 1 heterocycles. The van der Waals surface area contributed by atoms with Crippen LogP contribution in [0.5, 0.6) is 0 Å². The van der Waals surface area contributed by atoms with Crippen molar-refractivity contribution in [2.75, 3.05) is 5.32 Å². The maximum Gasteiger partial charge on any atom is 0.339 e. The molecule has 110 valence electrons. The SMILES string of the molecule is Cc1oc(CNC(=O)Nc2ccccc2Cl)cc1C(=O)O. The summed E-state index contributed by atoms with van der Waals surface area (Å²) in [5, 5.41) is 14.5. The molecule has 2 aromatic rings. The number of urea groups is 1. The first kappa shape index (κ1) is 14.9. The molecule has 2 rings (SSSR count). The standard InChI is InChI=1S/C14H13ClN2O4/c1-8-10(13(18)19)6-9(21-8)7-16-14(20)17-12-5-3-2-4-11(12)15/h2-6H,7H2,1H3,(H,18,19)(H2,16,17,20). The number of halogens is 1. The van der Waals surface area contributed by atoms with Gasteiger partial charge in [0.05, 0.1) is 17.3 Å². The Morgan fingerprint density at radius 3 is 2.67 bits per heavy atom. The molecule has 0 saturated heterocycles. The molecule has 0 aliphatic heterocycles. The predicted octanol–water partition coefficient (Wildman–Crippen LogP) is 3.26. The van der Waals surface area contributed by atoms with Crippen LogP contribution in [0.15, 0.2) is 34.7 Å². The number of carboxylic acids is 1. The first-order chi connectivity index (χ1) is 9.97. The van der Waals surface area contributed by atoms with Crippen LogP contribution in [-0.2, 0) is 6.54 Å². The normalized spacial score (nSPS) is 10.2. The number of para-hydroxylation sites is 1. The van der Waals surface area contributed by atoms with E-state index in [9.17, 15) is 9.59 Å². The second kappa shape index (κ2) is 6.32. The largest absolute Gasteiger partial charge is 0.478 e. The first-order valence-corrected chi connectivity index (χ1v) is 6.47. The van der Waals surface area contributed by atoms with Crippen molar-refractivity contribution in [1.29, 1.82) is 0 Å². The number of benzene rings is 1. The monoisotopic (exact) mass is 308 g/mol. The van der Waals surface area contributed by atoms with Crippen molar-refractivity contribution in [2.24, 2.45) is 0 Å². The molecule has 0 fully saturated rings. The molecule has 0 saturated carbocycles. The van der Waals surface area contributed by atoms with E-state index >= 15 is 0 Å². The molecule has 0 aliphatic carbocycles. The molecule has 7 heteroatoms. The third-order valence-corrected chi connectivity index (χ3v) is 3.07. The molecule has 0 bridgehead atoms. The average molecular weight is 309 g/mol. The minimum atomic E-state index is -1.07. The number of carbonyl (C=O) groups excluding carboxylic acids is 1. The summed E-state index contributed by atoms with van der Waals surface area (Å²) in [6.45, 7) is 1.63. The van der Waals surface area contributed by atoms with E-state index in [1.807, 2.05) is 0 Å². The number of furan rings is 1. The van der Waals surface area contributed by atoms with Gasteiger partial charge in [0.25, 0.3) is 0 Å². The van der Waals surface area contributed by atoms with E-state index in [-0.39, 0.29) is 12.1 Å². The summed E-state index contributed by atoms with van der Waals surface area (Å²) >= 11 is 5.92. The van der Waals surface area contributed by atoms with Crippen LogP contribution in [0, 0.1) is 6.92 Å². The molecule has 1 aromatic heterocycles. The third-order valence-electron chi connectivity index (χ3n) is 2.74. The second-order valence-corrected chi connectivity index (χ2v) is 4.68. The Labute approximate surface area is 125 Å². The van der Waals surface area contributed by atoms with Crippen molar-refractivity contribution in [3.05, 3.63) is 52.4 Å². The van der Waals surface area contributed by atoms with E-state index in [1.165, 1.54) is 6.07 Å². The lowest BCUT2D eigenvalue weighted by Crippen LogP contribution is -2.28. The Kier molecular flexibility index (Phi) is 4.49. The van der Waals surface area contributed by atoms with Gasteiger partial charge in [-0.1, -0.05) is 23.7 Å². The number of aromatic carboxylic acids is 1. The number of aryl methyl sites for hydroxylation is 1. The van der Waals surface area contributed by atoms with Crippen LogP contribution >= 0.6 is 11.6 Å². The van der Waals surface area contributed by atoms with E-state index in [1.54, 1.807) is 31.2 Å². The van der Waals surface area contributed by atoms with Crippen molar-refractivity contribution >= 4 is 29.3 Å². The van der Waals surface area contributed by atoms with E-state index in [4.69, 9.17) is 21.1 Å². The highest BCUT2D eigenvalue weighted by molar-refractivity contribution is 6.33. The van der Waals surface area contributed by atoms with Gasteiger partial charge in [-0.15, -0.1) is 0 Å². The second-order valence-electron chi connectivity index (χ2n) is 4.28. The molecule has 0 aliphatic rings. The fraction of sp³-hybridized carbons (Fsp3) is 0.143. The zero-order chi connectivity index (χ0) is 15.4. The molecule has 0 unspecified atom stereocenters. The molecule has 2 amide bonds. The van der Waals surface area contributed by atoms with Crippen LogP contribution < -0.4 is 10.6 Å².